The fourth-order valence-electron chi connectivity index (χ4n) is 3.44. The van der Waals surface area contributed by atoms with Crippen LogP contribution in [0.4, 0.5) is 13.2 Å². The Morgan fingerprint density at radius 1 is 1.25 bits per heavy atom. The van der Waals surface area contributed by atoms with Gasteiger partial charge < -0.3 is 9.73 Å². The van der Waals surface area contributed by atoms with Crippen molar-refractivity contribution in [3.05, 3.63) is 52.0 Å². The number of hydrogen-bond acceptors (Lipinski definition) is 3. The highest BCUT2D eigenvalue weighted by molar-refractivity contribution is 5.89. The zero-order valence-corrected chi connectivity index (χ0v) is 16.4. The zero-order valence-electron chi connectivity index (χ0n) is 16.4. The van der Waals surface area contributed by atoms with Gasteiger partial charge >= 0.3 is 6.18 Å². The lowest BCUT2D eigenvalue weighted by Gasteiger charge is -2.22. The third kappa shape index (κ3) is 3.50. The van der Waals surface area contributed by atoms with Crippen molar-refractivity contribution < 1.29 is 22.4 Å². The lowest BCUT2D eigenvalue weighted by atomic mass is 10.0. The number of alkyl halides is 3. The molecule has 0 saturated heterocycles. The number of rotatable bonds is 4. The molecule has 1 N–H and O–H groups in total. The first kappa shape index (κ1) is 20.0. The summed E-state index contributed by atoms with van der Waals surface area (Å²) in [6, 6.07) is 1.60. The molecule has 8 heteroatoms. The van der Waals surface area contributed by atoms with Crippen LogP contribution in [0.2, 0.25) is 0 Å². The van der Waals surface area contributed by atoms with E-state index in [-0.39, 0.29) is 17.7 Å². The smallest absolute Gasteiger partial charge is 0.413 e. The number of aromatic nitrogens is 2. The fraction of sp³-hybridized carbons (Fsp3) is 0.400. The van der Waals surface area contributed by atoms with Crippen LogP contribution in [0.5, 0.6) is 0 Å². The van der Waals surface area contributed by atoms with Gasteiger partial charge in [-0.15, -0.1) is 0 Å². The topological polar surface area (TPSA) is 60.1 Å². The number of aryl methyl sites for hydroxylation is 4. The van der Waals surface area contributed by atoms with Gasteiger partial charge in [0, 0.05) is 29.3 Å². The molecule has 0 aliphatic heterocycles. The molecule has 5 nitrogen and oxygen atoms in total. The Labute approximate surface area is 160 Å². The van der Waals surface area contributed by atoms with Crippen LogP contribution in [-0.2, 0) is 18.3 Å². The standard InChI is InChI=1S/C20H22F3N3O2/c1-10-6-7-15-14(9-28-18(15)11(10)2)8-16(27)24-19(20(21,22)23)17-12(3)25-26(5)13(17)4/h6-7,9,19H,8H2,1-5H3,(H,24,27)/t19-/m0/s1. The van der Waals surface area contributed by atoms with Crippen molar-refractivity contribution in [1.82, 2.24) is 15.1 Å². The van der Waals surface area contributed by atoms with Gasteiger partial charge in [0.2, 0.25) is 5.91 Å². The van der Waals surface area contributed by atoms with Crippen molar-refractivity contribution in [3.63, 3.8) is 0 Å². The molecule has 150 valence electrons. The first-order chi connectivity index (χ1) is 13.0. The Hall–Kier alpha value is -2.77. The quantitative estimate of drug-likeness (QED) is 0.716. The van der Waals surface area contributed by atoms with Gasteiger partial charge in [-0.05, 0) is 38.8 Å². The van der Waals surface area contributed by atoms with Crippen LogP contribution in [0, 0.1) is 27.7 Å². The molecule has 0 fully saturated rings. The van der Waals surface area contributed by atoms with E-state index in [0.717, 1.165) is 16.5 Å². The van der Waals surface area contributed by atoms with E-state index in [9.17, 15) is 18.0 Å². The lowest BCUT2D eigenvalue weighted by molar-refractivity contribution is -0.163. The highest BCUT2D eigenvalue weighted by atomic mass is 19.4. The van der Waals surface area contributed by atoms with Crippen LogP contribution in [0.1, 0.15) is 39.7 Å². The average Bonchev–Trinajstić information content (AvgIpc) is 3.10. The molecule has 0 spiro atoms. The van der Waals surface area contributed by atoms with Crippen LogP contribution < -0.4 is 5.32 Å². The summed E-state index contributed by atoms with van der Waals surface area (Å²) in [5.74, 6) is -0.731. The minimum Gasteiger partial charge on any atom is -0.464 e. The number of carbonyl (C=O) groups is 1. The highest BCUT2D eigenvalue weighted by Crippen LogP contribution is 2.36. The number of nitrogens with zero attached hydrogens (tertiary/aromatic N) is 2. The molecule has 0 radical (unpaired) electrons. The van der Waals surface area contributed by atoms with E-state index >= 15 is 0 Å². The molecule has 0 aliphatic carbocycles. The van der Waals surface area contributed by atoms with E-state index in [2.05, 4.69) is 10.4 Å². The molecule has 1 atom stereocenters. The van der Waals surface area contributed by atoms with Gasteiger partial charge in [-0.3, -0.25) is 9.48 Å². The summed E-state index contributed by atoms with van der Waals surface area (Å²) in [6.07, 6.45) is -3.42. The molecule has 0 saturated carbocycles. The predicted molar refractivity (Wildman–Crippen MR) is 99.0 cm³/mol. The summed E-state index contributed by atoms with van der Waals surface area (Å²) >= 11 is 0. The summed E-state index contributed by atoms with van der Waals surface area (Å²) in [7, 11) is 1.57. The Kier molecular flexibility index (Phi) is 4.99. The predicted octanol–water partition coefficient (Wildman–Crippen LogP) is 4.36. The van der Waals surface area contributed by atoms with Crippen LogP contribution in [0.15, 0.2) is 22.8 Å². The highest BCUT2D eigenvalue weighted by Gasteiger charge is 2.44. The van der Waals surface area contributed by atoms with Crippen LogP contribution >= 0.6 is 0 Å². The van der Waals surface area contributed by atoms with E-state index in [1.54, 1.807) is 14.0 Å². The second kappa shape index (κ2) is 7.00. The Morgan fingerprint density at radius 2 is 1.93 bits per heavy atom. The maximum atomic E-state index is 13.7. The average molecular weight is 393 g/mol. The van der Waals surface area contributed by atoms with Gasteiger partial charge in [0.05, 0.1) is 18.4 Å². The van der Waals surface area contributed by atoms with Gasteiger partial charge in [-0.2, -0.15) is 18.3 Å². The summed E-state index contributed by atoms with van der Waals surface area (Å²) in [4.78, 5) is 12.5. The molecular formula is C20H22F3N3O2. The molecule has 3 aromatic rings. The van der Waals surface area contributed by atoms with Gasteiger partial charge in [0.1, 0.15) is 5.58 Å². The number of furan rings is 1. The van der Waals surface area contributed by atoms with Crippen molar-refractivity contribution in [3.8, 4) is 0 Å². The summed E-state index contributed by atoms with van der Waals surface area (Å²) in [6.45, 7) is 6.89. The second-order valence-electron chi connectivity index (χ2n) is 7.07. The van der Waals surface area contributed by atoms with Crippen molar-refractivity contribution >= 4 is 16.9 Å². The van der Waals surface area contributed by atoms with E-state index < -0.39 is 18.1 Å². The zero-order chi connectivity index (χ0) is 20.8. The van der Waals surface area contributed by atoms with Crippen LogP contribution in [0.25, 0.3) is 11.0 Å². The fourth-order valence-corrected chi connectivity index (χ4v) is 3.44. The van der Waals surface area contributed by atoms with Gasteiger partial charge in [0.15, 0.2) is 6.04 Å². The Morgan fingerprint density at radius 3 is 2.50 bits per heavy atom. The largest absolute Gasteiger partial charge is 0.464 e. The number of carbonyl (C=O) groups excluding carboxylic acids is 1. The number of benzene rings is 1. The van der Waals surface area contributed by atoms with E-state index in [4.69, 9.17) is 4.42 Å². The molecule has 1 amide bonds. The molecule has 3 rings (SSSR count). The molecule has 0 bridgehead atoms. The molecule has 0 aliphatic rings. The monoisotopic (exact) mass is 393 g/mol. The van der Waals surface area contributed by atoms with Crippen molar-refractivity contribution in [2.75, 3.05) is 0 Å². The molecule has 1 aromatic carbocycles. The number of halogens is 3. The van der Waals surface area contributed by atoms with Crippen LogP contribution in [-0.4, -0.2) is 21.9 Å². The van der Waals surface area contributed by atoms with Crippen molar-refractivity contribution in [1.29, 1.82) is 0 Å². The minimum atomic E-state index is -4.64. The lowest BCUT2D eigenvalue weighted by Crippen LogP contribution is -2.39. The van der Waals surface area contributed by atoms with Crippen molar-refractivity contribution in [2.24, 2.45) is 7.05 Å². The Balaban J connectivity index is 1.89. The summed E-state index contributed by atoms with van der Waals surface area (Å²) in [5.41, 5.74) is 3.76. The molecule has 28 heavy (non-hydrogen) atoms. The van der Waals surface area contributed by atoms with E-state index in [1.807, 2.05) is 26.0 Å². The third-order valence-corrected chi connectivity index (χ3v) is 5.18. The van der Waals surface area contributed by atoms with E-state index in [0.29, 0.717) is 16.8 Å². The third-order valence-electron chi connectivity index (χ3n) is 5.18. The van der Waals surface area contributed by atoms with Gasteiger partial charge in [-0.1, -0.05) is 12.1 Å². The number of nitrogens with one attached hydrogen (secondary N) is 1. The number of fused-ring (bicyclic) bond motifs is 1. The summed E-state index contributed by atoms with van der Waals surface area (Å²) in [5, 5.41) is 6.91. The minimum absolute atomic E-state index is 0.0214. The van der Waals surface area contributed by atoms with Crippen molar-refractivity contribution in [2.45, 2.75) is 46.3 Å². The van der Waals surface area contributed by atoms with E-state index in [1.165, 1.54) is 17.9 Å². The normalized spacial score (nSPS) is 13.1. The maximum Gasteiger partial charge on any atom is 0.413 e. The number of hydrogen-bond donors (Lipinski definition) is 1. The maximum absolute atomic E-state index is 13.7. The molecule has 2 aromatic heterocycles. The molecular weight excluding hydrogens is 371 g/mol. The summed E-state index contributed by atoms with van der Waals surface area (Å²) < 4.78 is 48.0. The molecule has 2 heterocycles. The second-order valence-corrected chi connectivity index (χ2v) is 7.07. The Bertz CT molecular complexity index is 1050. The molecule has 0 unspecified atom stereocenters. The van der Waals surface area contributed by atoms with Gasteiger partial charge in [0.25, 0.3) is 0 Å². The SMILES string of the molecule is Cc1ccc2c(CC(=O)N[C@@H](c3c(C)nn(C)c3C)C(F)(F)F)coc2c1C. The van der Waals surface area contributed by atoms with Gasteiger partial charge in [-0.25, -0.2) is 0 Å². The van der Waals surface area contributed by atoms with Crippen LogP contribution in [0.3, 0.4) is 0 Å². The number of amides is 1. The first-order valence-corrected chi connectivity index (χ1v) is 8.83. The first-order valence-electron chi connectivity index (χ1n) is 8.83.